The van der Waals surface area contributed by atoms with Gasteiger partial charge in [-0.2, -0.15) is 0 Å². The maximum Gasteiger partial charge on any atom is 0.303 e. The van der Waals surface area contributed by atoms with E-state index in [1.807, 2.05) is 6.07 Å². The lowest BCUT2D eigenvalue weighted by Crippen LogP contribution is -2.22. The third-order valence-corrected chi connectivity index (χ3v) is 2.54. The average Bonchev–Trinajstić information content (AvgIpc) is 2.41. The number of carbonyl (C=O) groups excluding carboxylic acids is 1. The molecule has 104 valence electrons. The van der Waals surface area contributed by atoms with E-state index in [1.165, 1.54) is 0 Å². The topological polar surface area (TPSA) is 88.5 Å². The van der Waals surface area contributed by atoms with Gasteiger partial charge in [-0.05, 0) is 18.4 Å². The molecular formula is C13H18N2O4. The number of nitrogens with zero attached hydrogens (tertiary/aromatic N) is 1. The van der Waals surface area contributed by atoms with E-state index in [-0.39, 0.29) is 12.3 Å². The van der Waals surface area contributed by atoms with E-state index in [2.05, 4.69) is 10.3 Å². The van der Waals surface area contributed by atoms with E-state index in [1.54, 1.807) is 19.4 Å². The van der Waals surface area contributed by atoms with Crippen molar-refractivity contribution in [1.29, 1.82) is 0 Å². The van der Waals surface area contributed by atoms with Crippen LogP contribution < -0.4 is 10.1 Å². The summed E-state index contributed by atoms with van der Waals surface area (Å²) in [6.45, 7) is 0.411. The van der Waals surface area contributed by atoms with Gasteiger partial charge in [0.1, 0.15) is 0 Å². The largest absolute Gasteiger partial charge is 0.481 e. The fourth-order valence-corrected chi connectivity index (χ4v) is 1.49. The second-order valence-corrected chi connectivity index (χ2v) is 4.09. The maximum absolute atomic E-state index is 11.5. The minimum Gasteiger partial charge on any atom is -0.481 e. The number of methoxy groups -OCH3 is 1. The zero-order chi connectivity index (χ0) is 14.1. The zero-order valence-electron chi connectivity index (χ0n) is 10.9. The van der Waals surface area contributed by atoms with Crippen LogP contribution in [0.4, 0.5) is 0 Å². The molecule has 6 nitrogen and oxygen atoms in total. The average molecular weight is 266 g/mol. The molecule has 1 amide bonds. The molecule has 0 aliphatic carbocycles. The predicted molar refractivity (Wildman–Crippen MR) is 68.7 cm³/mol. The van der Waals surface area contributed by atoms with Gasteiger partial charge in [0.15, 0.2) is 0 Å². The lowest BCUT2D eigenvalue weighted by Gasteiger charge is -2.05. The van der Waals surface area contributed by atoms with Crippen molar-refractivity contribution in [2.24, 2.45) is 0 Å². The molecule has 0 saturated heterocycles. The Morgan fingerprint density at radius 3 is 2.63 bits per heavy atom. The van der Waals surface area contributed by atoms with Crippen LogP contribution in [0.3, 0.4) is 0 Å². The van der Waals surface area contributed by atoms with Crippen molar-refractivity contribution in [3.05, 3.63) is 23.9 Å². The number of unbranched alkanes of at least 4 members (excludes halogenated alkanes) is 1. The number of pyridine rings is 1. The molecule has 19 heavy (non-hydrogen) atoms. The first-order valence-corrected chi connectivity index (χ1v) is 6.09. The Labute approximate surface area is 111 Å². The number of aromatic nitrogens is 1. The number of rotatable bonds is 8. The number of amides is 1. The number of aliphatic carboxylic acids is 1. The van der Waals surface area contributed by atoms with Crippen LogP contribution in [-0.2, 0) is 16.1 Å². The van der Waals surface area contributed by atoms with E-state index in [9.17, 15) is 9.59 Å². The highest BCUT2D eigenvalue weighted by Gasteiger charge is 2.03. The summed E-state index contributed by atoms with van der Waals surface area (Å²) >= 11 is 0. The number of hydrogen-bond acceptors (Lipinski definition) is 4. The van der Waals surface area contributed by atoms with E-state index in [0.717, 1.165) is 5.56 Å². The molecule has 6 heteroatoms. The fraction of sp³-hybridized carbons (Fsp3) is 0.462. The van der Waals surface area contributed by atoms with Crippen LogP contribution in [0.1, 0.15) is 31.2 Å². The molecule has 0 unspecified atom stereocenters. The van der Waals surface area contributed by atoms with Gasteiger partial charge in [-0.25, -0.2) is 4.98 Å². The van der Waals surface area contributed by atoms with Crippen molar-refractivity contribution in [2.75, 3.05) is 7.11 Å². The number of carbonyl (C=O) groups is 2. The van der Waals surface area contributed by atoms with Crippen LogP contribution in [-0.4, -0.2) is 29.1 Å². The maximum atomic E-state index is 11.5. The molecular weight excluding hydrogens is 248 g/mol. The summed E-state index contributed by atoms with van der Waals surface area (Å²) in [6.07, 6.45) is 3.20. The minimum absolute atomic E-state index is 0.0822. The molecule has 1 aromatic rings. The summed E-state index contributed by atoms with van der Waals surface area (Å²) in [5, 5.41) is 11.2. The van der Waals surface area contributed by atoms with E-state index in [4.69, 9.17) is 9.84 Å². The molecule has 2 N–H and O–H groups in total. The number of ether oxygens (including phenoxy) is 1. The van der Waals surface area contributed by atoms with Gasteiger partial charge in [-0.15, -0.1) is 0 Å². The van der Waals surface area contributed by atoms with Crippen molar-refractivity contribution < 1.29 is 19.4 Å². The lowest BCUT2D eigenvalue weighted by atomic mass is 10.2. The van der Waals surface area contributed by atoms with Gasteiger partial charge in [0.25, 0.3) is 0 Å². The Morgan fingerprint density at radius 1 is 1.32 bits per heavy atom. The van der Waals surface area contributed by atoms with Gasteiger partial charge < -0.3 is 15.2 Å². The van der Waals surface area contributed by atoms with E-state index < -0.39 is 5.97 Å². The molecule has 1 aromatic heterocycles. The number of nitrogens with one attached hydrogen (secondary N) is 1. The lowest BCUT2D eigenvalue weighted by molar-refractivity contribution is -0.137. The third-order valence-electron chi connectivity index (χ3n) is 2.54. The summed E-state index contributed by atoms with van der Waals surface area (Å²) in [5.41, 5.74) is 0.889. The van der Waals surface area contributed by atoms with Crippen LogP contribution in [0, 0.1) is 0 Å². The summed E-state index contributed by atoms with van der Waals surface area (Å²) in [6, 6.07) is 3.56. The summed E-state index contributed by atoms with van der Waals surface area (Å²) in [5.74, 6) is -0.380. The first-order chi connectivity index (χ1) is 9.11. The Bertz CT molecular complexity index is 417. The first kappa shape index (κ1) is 14.9. The molecule has 0 fully saturated rings. The molecule has 0 spiro atoms. The number of carboxylic acid groups (broad SMARTS) is 1. The van der Waals surface area contributed by atoms with Crippen molar-refractivity contribution in [3.63, 3.8) is 0 Å². The second kappa shape index (κ2) is 8.07. The van der Waals surface area contributed by atoms with Crippen LogP contribution in [0.25, 0.3) is 0 Å². The van der Waals surface area contributed by atoms with Crippen LogP contribution in [0.5, 0.6) is 5.88 Å². The third kappa shape index (κ3) is 6.40. The van der Waals surface area contributed by atoms with Gasteiger partial charge in [0, 0.05) is 31.6 Å². The second-order valence-electron chi connectivity index (χ2n) is 4.09. The van der Waals surface area contributed by atoms with E-state index >= 15 is 0 Å². The predicted octanol–water partition coefficient (Wildman–Crippen LogP) is 1.35. The van der Waals surface area contributed by atoms with Crippen molar-refractivity contribution >= 4 is 11.9 Å². The minimum atomic E-state index is -0.829. The number of carboxylic acids is 1. The monoisotopic (exact) mass is 266 g/mol. The summed E-state index contributed by atoms with van der Waals surface area (Å²) in [7, 11) is 1.54. The molecule has 1 heterocycles. The molecule has 1 rings (SSSR count). The van der Waals surface area contributed by atoms with Gasteiger partial charge in [-0.1, -0.05) is 6.07 Å². The standard InChI is InChI=1S/C13H18N2O4/c1-19-12-7-6-10(9-15-12)8-14-11(16)4-2-3-5-13(17)18/h6-7,9H,2-5,8H2,1H3,(H,14,16)(H,17,18). The van der Waals surface area contributed by atoms with Crippen molar-refractivity contribution in [2.45, 2.75) is 32.2 Å². The first-order valence-electron chi connectivity index (χ1n) is 6.09. The van der Waals surface area contributed by atoms with Crippen LogP contribution >= 0.6 is 0 Å². The molecule has 0 radical (unpaired) electrons. The highest BCUT2D eigenvalue weighted by molar-refractivity contribution is 5.75. The molecule has 0 aliphatic rings. The van der Waals surface area contributed by atoms with Crippen LogP contribution in [0.2, 0.25) is 0 Å². The van der Waals surface area contributed by atoms with Crippen molar-refractivity contribution in [1.82, 2.24) is 10.3 Å². The molecule has 0 aliphatic heterocycles. The van der Waals surface area contributed by atoms with Gasteiger partial charge in [0.05, 0.1) is 7.11 Å². The molecule has 0 bridgehead atoms. The Kier molecular flexibility index (Phi) is 6.35. The normalized spacial score (nSPS) is 9.95. The summed E-state index contributed by atoms with van der Waals surface area (Å²) < 4.78 is 4.93. The van der Waals surface area contributed by atoms with E-state index in [0.29, 0.717) is 31.7 Å². The molecule has 0 saturated carbocycles. The highest BCUT2D eigenvalue weighted by Crippen LogP contribution is 2.06. The molecule has 0 aromatic carbocycles. The van der Waals surface area contributed by atoms with Gasteiger partial charge in [-0.3, -0.25) is 9.59 Å². The Balaban J connectivity index is 2.20. The SMILES string of the molecule is COc1ccc(CNC(=O)CCCCC(=O)O)cn1. The molecule has 0 atom stereocenters. The Morgan fingerprint density at radius 2 is 2.05 bits per heavy atom. The zero-order valence-corrected chi connectivity index (χ0v) is 10.9. The van der Waals surface area contributed by atoms with Crippen molar-refractivity contribution in [3.8, 4) is 5.88 Å². The van der Waals surface area contributed by atoms with Gasteiger partial charge in [0.2, 0.25) is 11.8 Å². The highest BCUT2D eigenvalue weighted by atomic mass is 16.5. The summed E-state index contributed by atoms with van der Waals surface area (Å²) in [4.78, 5) is 25.8. The quantitative estimate of drug-likeness (QED) is 0.693. The van der Waals surface area contributed by atoms with Crippen LogP contribution in [0.15, 0.2) is 18.3 Å². The smallest absolute Gasteiger partial charge is 0.303 e. The Hall–Kier alpha value is -2.11. The fourth-order valence-electron chi connectivity index (χ4n) is 1.49. The number of hydrogen-bond donors (Lipinski definition) is 2. The van der Waals surface area contributed by atoms with Gasteiger partial charge >= 0.3 is 5.97 Å².